The van der Waals surface area contributed by atoms with E-state index >= 15 is 0 Å². The fourth-order valence-corrected chi connectivity index (χ4v) is 2.04. The Bertz CT molecular complexity index is 953. The van der Waals surface area contributed by atoms with Gasteiger partial charge in [-0.05, 0) is 18.2 Å². The summed E-state index contributed by atoms with van der Waals surface area (Å²) in [4.78, 5) is 28.3. The maximum Gasteiger partial charge on any atom is 0.422 e. The Morgan fingerprint density at radius 2 is 1.93 bits per heavy atom. The van der Waals surface area contributed by atoms with Crippen molar-refractivity contribution < 1.29 is 22.7 Å². The summed E-state index contributed by atoms with van der Waals surface area (Å²) >= 11 is 0. The van der Waals surface area contributed by atoms with Gasteiger partial charge in [0.25, 0.3) is 5.91 Å². The number of hydrogen-bond acceptors (Lipinski definition) is 7. The Labute approximate surface area is 156 Å². The van der Waals surface area contributed by atoms with Crippen molar-refractivity contribution in [3.05, 3.63) is 60.8 Å². The van der Waals surface area contributed by atoms with E-state index in [2.05, 4.69) is 30.6 Å². The predicted octanol–water partition coefficient (Wildman–Crippen LogP) is 3.20. The first-order valence-corrected chi connectivity index (χ1v) is 7.87. The van der Waals surface area contributed by atoms with Crippen LogP contribution in [0.3, 0.4) is 0 Å². The van der Waals surface area contributed by atoms with Gasteiger partial charge in [0.05, 0.1) is 6.20 Å². The second-order valence-corrected chi connectivity index (χ2v) is 5.34. The first kappa shape index (κ1) is 19.0. The zero-order valence-corrected chi connectivity index (χ0v) is 14.1. The first-order chi connectivity index (χ1) is 13.4. The molecule has 0 radical (unpaired) electrons. The van der Waals surface area contributed by atoms with Crippen molar-refractivity contribution in [3.8, 4) is 5.75 Å². The van der Waals surface area contributed by atoms with E-state index in [1.807, 2.05) is 0 Å². The number of aromatic nitrogens is 4. The van der Waals surface area contributed by atoms with Crippen molar-refractivity contribution in [2.75, 3.05) is 17.2 Å². The van der Waals surface area contributed by atoms with E-state index < -0.39 is 18.7 Å². The van der Waals surface area contributed by atoms with E-state index in [4.69, 9.17) is 4.74 Å². The highest BCUT2D eigenvalue weighted by Crippen LogP contribution is 2.25. The lowest BCUT2D eigenvalue weighted by Crippen LogP contribution is -2.21. The van der Waals surface area contributed by atoms with E-state index in [-0.39, 0.29) is 23.1 Å². The molecule has 8 nitrogen and oxygen atoms in total. The highest BCUT2D eigenvalue weighted by Gasteiger charge is 2.29. The minimum absolute atomic E-state index is 0.0148. The summed E-state index contributed by atoms with van der Waals surface area (Å²) in [5, 5.41) is 5.26. The van der Waals surface area contributed by atoms with Crippen molar-refractivity contribution in [3.63, 3.8) is 0 Å². The number of rotatable bonds is 6. The van der Waals surface area contributed by atoms with Crippen LogP contribution in [0.15, 0.2) is 55.1 Å². The van der Waals surface area contributed by atoms with E-state index in [9.17, 15) is 18.0 Å². The molecule has 3 aromatic rings. The molecular weight excluding hydrogens is 377 g/mol. The third-order valence-electron chi connectivity index (χ3n) is 3.21. The molecule has 0 aliphatic rings. The predicted molar refractivity (Wildman–Crippen MR) is 93.3 cm³/mol. The van der Waals surface area contributed by atoms with Gasteiger partial charge in [0.2, 0.25) is 5.95 Å². The number of ether oxygens (including phenoxy) is 1. The molecule has 0 unspecified atom stereocenters. The summed E-state index contributed by atoms with van der Waals surface area (Å²) in [5.41, 5.74) is -0.0337. The van der Waals surface area contributed by atoms with Gasteiger partial charge in [-0.2, -0.15) is 13.2 Å². The molecule has 28 heavy (non-hydrogen) atoms. The zero-order valence-electron chi connectivity index (χ0n) is 14.1. The summed E-state index contributed by atoms with van der Waals surface area (Å²) < 4.78 is 41.8. The number of alkyl halides is 3. The molecule has 3 aromatic heterocycles. The molecule has 0 aliphatic heterocycles. The van der Waals surface area contributed by atoms with Crippen LogP contribution in [0, 0.1) is 0 Å². The highest BCUT2D eigenvalue weighted by molar-refractivity contribution is 6.03. The lowest BCUT2D eigenvalue weighted by Gasteiger charge is -2.13. The van der Waals surface area contributed by atoms with Crippen molar-refractivity contribution in [1.29, 1.82) is 0 Å². The molecule has 0 atom stereocenters. The Hall–Kier alpha value is -3.76. The number of hydrogen-bond donors (Lipinski definition) is 2. The smallest absolute Gasteiger partial charge is 0.422 e. The third-order valence-corrected chi connectivity index (χ3v) is 3.21. The molecule has 0 aliphatic carbocycles. The van der Waals surface area contributed by atoms with Gasteiger partial charge in [-0.1, -0.05) is 6.07 Å². The molecule has 1 amide bonds. The molecular formula is C17H13F3N6O2. The van der Waals surface area contributed by atoms with E-state index in [1.54, 1.807) is 24.4 Å². The van der Waals surface area contributed by atoms with Crippen LogP contribution in [0.1, 0.15) is 10.5 Å². The van der Waals surface area contributed by atoms with Crippen LogP contribution in [-0.4, -0.2) is 38.6 Å². The topological polar surface area (TPSA) is 102 Å². The molecule has 0 bridgehead atoms. The number of anilines is 3. The van der Waals surface area contributed by atoms with Crippen LogP contribution in [-0.2, 0) is 0 Å². The van der Waals surface area contributed by atoms with Crippen LogP contribution in [0.25, 0.3) is 0 Å². The van der Waals surface area contributed by atoms with Crippen LogP contribution in [0.2, 0.25) is 0 Å². The standard InChI is InChI=1S/C17H13F3N6O2/c18-17(19,20)10-28-13-5-7-21-9-12(13)24-15(27)11-4-8-23-16(25-11)26-14-3-1-2-6-22-14/h1-9H,10H2,(H,24,27)(H,22,23,25,26). The highest BCUT2D eigenvalue weighted by atomic mass is 19.4. The summed E-state index contributed by atoms with van der Waals surface area (Å²) in [6.07, 6.45) is 0.850. The minimum atomic E-state index is -4.51. The Morgan fingerprint density at radius 3 is 2.68 bits per heavy atom. The molecule has 11 heteroatoms. The quantitative estimate of drug-likeness (QED) is 0.666. The van der Waals surface area contributed by atoms with Gasteiger partial charge in [0.1, 0.15) is 22.9 Å². The summed E-state index contributed by atoms with van der Waals surface area (Å²) in [6.45, 7) is -1.49. The maximum absolute atomic E-state index is 12.4. The number of amides is 1. The summed E-state index contributed by atoms with van der Waals surface area (Å²) in [6, 6.07) is 7.76. The normalized spacial score (nSPS) is 11.0. The lowest BCUT2D eigenvalue weighted by molar-refractivity contribution is -0.153. The number of carbonyl (C=O) groups excluding carboxylic acids is 1. The fraction of sp³-hybridized carbons (Fsp3) is 0.118. The molecule has 144 valence electrons. The average Bonchev–Trinajstić information content (AvgIpc) is 2.68. The molecule has 0 saturated carbocycles. The SMILES string of the molecule is O=C(Nc1cnccc1OCC(F)(F)F)c1ccnc(Nc2ccccn2)n1. The van der Waals surface area contributed by atoms with Crippen molar-refractivity contribution in [2.24, 2.45) is 0 Å². The maximum atomic E-state index is 12.4. The van der Waals surface area contributed by atoms with E-state index in [1.165, 1.54) is 30.7 Å². The van der Waals surface area contributed by atoms with Crippen LogP contribution in [0.4, 0.5) is 30.6 Å². The minimum Gasteiger partial charge on any atom is -0.482 e. The molecule has 0 aromatic carbocycles. The molecule has 0 spiro atoms. The van der Waals surface area contributed by atoms with Crippen molar-refractivity contribution in [2.45, 2.75) is 6.18 Å². The van der Waals surface area contributed by atoms with Gasteiger partial charge in [-0.15, -0.1) is 0 Å². The largest absolute Gasteiger partial charge is 0.482 e. The van der Waals surface area contributed by atoms with Gasteiger partial charge in [0, 0.05) is 24.7 Å². The van der Waals surface area contributed by atoms with Crippen LogP contribution in [0.5, 0.6) is 5.75 Å². The monoisotopic (exact) mass is 390 g/mol. The number of carbonyl (C=O) groups is 1. The Balaban J connectivity index is 1.72. The van der Waals surface area contributed by atoms with Crippen LogP contribution >= 0.6 is 0 Å². The molecule has 0 saturated heterocycles. The van der Waals surface area contributed by atoms with E-state index in [0.29, 0.717) is 5.82 Å². The van der Waals surface area contributed by atoms with Gasteiger partial charge in [-0.3, -0.25) is 9.78 Å². The zero-order chi connectivity index (χ0) is 20.0. The molecule has 3 rings (SSSR count). The Morgan fingerprint density at radius 1 is 1.07 bits per heavy atom. The third kappa shape index (κ3) is 5.37. The average molecular weight is 390 g/mol. The van der Waals surface area contributed by atoms with Gasteiger partial charge in [-0.25, -0.2) is 15.0 Å². The molecule has 0 fully saturated rings. The van der Waals surface area contributed by atoms with Gasteiger partial charge >= 0.3 is 6.18 Å². The number of nitrogens with zero attached hydrogens (tertiary/aromatic N) is 4. The van der Waals surface area contributed by atoms with E-state index in [0.717, 1.165) is 0 Å². The van der Waals surface area contributed by atoms with Gasteiger partial charge < -0.3 is 15.4 Å². The van der Waals surface area contributed by atoms with Gasteiger partial charge in [0.15, 0.2) is 6.61 Å². The number of nitrogens with one attached hydrogen (secondary N) is 2. The second-order valence-electron chi connectivity index (χ2n) is 5.34. The summed E-state index contributed by atoms with van der Waals surface area (Å²) in [5.74, 6) is -0.223. The number of halogens is 3. The van der Waals surface area contributed by atoms with Crippen molar-refractivity contribution >= 4 is 23.4 Å². The molecule has 3 heterocycles. The fourth-order valence-electron chi connectivity index (χ4n) is 2.04. The summed E-state index contributed by atoms with van der Waals surface area (Å²) in [7, 11) is 0. The van der Waals surface area contributed by atoms with Crippen molar-refractivity contribution in [1.82, 2.24) is 19.9 Å². The lowest BCUT2D eigenvalue weighted by atomic mass is 10.3. The first-order valence-electron chi connectivity index (χ1n) is 7.87. The second kappa shape index (κ2) is 8.29. The Kier molecular flexibility index (Phi) is 5.63. The number of pyridine rings is 2. The molecule has 2 N–H and O–H groups in total. The van der Waals surface area contributed by atoms with Crippen LogP contribution < -0.4 is 15.4 Å².